The van der Waals surface area contributed by atoms with Crippen LogP contribution in [0.15, 0.2) is 24.3 Å². The van der Waals surface area contributed by atoms with Crippen molar-refractivity contribution in [3.63, 3.8) is 0 Å². The first kappa shape index (κ1) is 11.3. The summed E-state index contributed by atoms with van der Waals surface area (Å²) in [6.07, 6.45) is 5.22. The first-order chi connectivity index (χ1) is 6.63. The van der Waals surface area contributed by atoms with Crippen molar-refractivity contribution in [3.05, 3.63) is 35.4 Å². The Balaban J connectivity index is 2.71. The summed E-state index contributed by atoms with van der Waals surface area (Å²) >= 11 is 0. The van der Waals surface area contributed by atoms with Crippen LogP contribution in [0.1, 0.15) is 22.8 Å². The molecule has 0 fully saturated rings. The largest absolute Gasteiger partial charge is 0.289 e. The fourth-order valence-corrected chi connectivity index (χ4v) is 1.96. The van der Waals surface area contributed by atoms with Gasteiger partial charge in [0.25, 0.3) is 0 Å². The Bertz CT molecular complexity index is 301. The molecule has 1 aromatic carbocycles. The first-order valence-electron chi connectivity index (χ1n) is 4.79. The zero-order valence-corrected chi connectivity index (χ0v) is 9.86. The summed E-state index contributed by atoms with van der Waals surface area (Å²) in [5.74, 6) is 0.937. The third-order valence-corrected chi connectivity index (χ3v) is 2.94. The molecular weight excluding hydrogens is 192 g/mol. The molecule has 0 aromatic heterocycles. The summed E-state index contributed by atoms with van der Waals surface area (Å²) in [7, 11) is 0.197. The average Bonchev–Trinajstić information content (AvgIpc) is 2.17. The fraction of sp³-hybridized carbons (Fsp3) is 0.417. The lowest BCUT2D eigenvalue weighted by molar-refractivity contribution is 0.102. The molecule has 1 nitrogen and oxygen atoms in total. The number of rotatable bonds is 4. The Morgan fingerprint density at radius 1 is 1.21 bits per heavy atom. The predicted molar refractivity (Wildman–Crippen MR) is 64.2 cm³/mol. The Hall–Kier alpha value is -0.760. The van der Waals surface area contributed by atoms with Gasteiger partial charge in [0.15, 0.2) is 5.75 Å². The van der Waals surface area contributed by atoms with E-state index in [1.807, 2.05) is 24.3 Å². The number of aryl methyl sites for hydroxylation is 1. The van der Waals surface area contributed by atoms with Gasteiger partial charge in [0, 0.05) is 5.56 Å². The molecule has 0 atom stereocenters. The van der Waals surface area contributed by atoms with E-state index in [2.05, 4.69) is 19.4 Å². The lowest BCUT2D eigenvalue weighted by Gasteiger charge is -2.00. The Kier molecular flexibility index (Phi) is 4.21. The van der Waals surface area contributed by atoms with Gasteiger partial charge in [-0.3, -0.25) is 4.79 Å². The predicted octanol–water partition coefficient (Wildman–Crippen LogP) is 2.31. The van der Waals surface area contributed by atoms with Gasteiger partial charge in [0.1, 0.15) is 0 Å². The van der Waals surface area contributed by atoms with Crippen molar-refractivity contribution in [2.24, 2.45) is 0 Å². The molecule has 1 aromatic rings. The second-order valence-corrected chi connectivity index (χ2v) is 5.86. The van der Waals surface area contributed by atoms with E-state index in [4.69, 9.17) is 0 Å². The molecule has 0 N–H and O–H groups in total. The molecule has 0 unspecified atom stereocenters. The first-order valence-corrected chi connectivity index (χ1v) is 7.01. The van der Waals surface area contributed by atoms with Gasteiger partial charge in [0.2, 0.25) is 5.78 Å². The molecule has 0 heterocycles. The maximum absolute atomic E-state index is 11.7. The minimum Gasteiger partial charge on any atom is -0.289 e. The quantitative estimate of drug-likeness (QED) is 0.549. The summed E-state index contributed by atoms with van der Waals surface area (Å²) in [6.45, 7) is 2.12. The molecule has 0 spiro atoms. The number of hydrogen-bond donors (Lipinski definition) is 0. The summed E-state index contributed by atoms with van der Waals surface area (Å²) in [5.41, 5.74) is 2.14. The van der Waals surface area contributed by atoms with Gasteiger partial charge < -0.3 is 0 Å². The summed E-state index contributed by atoms with van der Waals surface area (Å²) in [6, 6.07) is 7.95. The molecule has 0 radical (unpaired) electrons. The SMILES string of the molecule is CCc1ccc(C(=O)C[S+](C)C)cc1. The standard InChI is InChI=1S/C12H17OS/c1-4-10-5-7-11(8-6-10)12(13)9-14(2)3/h5-8H,4,9H2,1-3H3/q+1. The van der Waals surface area contributed by atoms with Gasteiger partial charge in [0.05, 0.1) is 12.5 Å². The van der Waals surface area contributed by atoms with E-state index >= 15 is 0 Å². The number of Topliss-reactive ketones (excluding diaryl/α,β-unsaturated/α-hetero) is 1. The van der Waals surface area contributed by atoms with Gasteiger partial charge >= 0.3 is 0 Å². The molecule has 0 saturated carbocycles. The zero-order chi connectivity index (χ0) is 10.6. The zero-order valence-electron chi connectivity index (χ0n) is 9.04. The van der Waals surface area contributed by atoms with Crippen LogP contribution in [0.5, 0.6) is 0 Å². The summed E-state index contributed by atoms with van der Waals surface area (Å²) in [4.78, 5) is 11.7. The summed E-state index contributed by atoms with van der Waals surface area (Å²) < 4.78 is 0. The highest BCUT2D eigenvalue weighted by molar-refractivity contribution is 7.96. The van der Waals surface area contributed by atoms with Crippen LogP contribution < -0.4 is 0 Å². The molecule has 76 valence electrons. The van der Waals surface area contributed by atoms with Crippen LogP contribution in [0.3, 0.4) is 0 Å². The third-order valence-electron chi connectivity index (χ3n) is 2.10. The van der Waals surface area contributed by atoms with Crippen molar-refractivity contribution >= 4 is 16.7 Å². The van der Waals surface area contributed by atoms with Crippen LogP contribution >= 0.6 is 0 Å². The van der Waals surface area contributed by atoms with Gasteiger partial charge in [-0.25, -0.2) is 0 Å². The van der Waals surface area contributed by atoms with E-state index in [0.29, 0.717) is 5.75 Å². The van der Waals surface area contributed by atoms with Crippen molar-refractivity contribution in [1.29, 1.82) is 0 Å². The van der Waals surface area contributed by atoms with Crippen molar-refractivity contribution in [2.45, 2.75) is 13.3 Å². The average molecular weight is 209 g/mol. The van der Waals surface area contributed by atoms with Crippen LogP contribution in [0.2, 0.25) is 0 Å². The maximum Gasteiger partial charge on any atom is 0.211 e. The Morgan fingerprint density at radius 2 is 1.79 bits per heavy atom. The monoisotopic (exact) mass is 209 g/mol. The molecule has 0 bridgehead atoms. The van der Waals surface area contributed by atoms with Crippen molar-refractivity contribution in [2.75, 3.05) is 18.3 Å². The molecular formula is C12H17OS+. The second kappa shape index (κ2) is 5.20. The van der Waals surface area contributed by atoms with E-state index in [9.17, 15) is 4.79 Å². The lowest BCUT2D eigenvalue weighted by Crippen LogP contribution is -2.13. The minimum absolute atomic E-state index is 0.197. The highest BCUT2D eigenvalue weighted by atomic mass is 32.2. The van der Waals surface area contributed by atoms with Crippen LogP contribution in [0.4, 0.5) is 0 Å². The van der Waals surface area contributed by atoms with E-state index in [0.717, 1.165) is 12.0 Å². The number of hydrogen-bond acceptors (Lipinski definition) is 1. The van der Waals surface area contributed by atoms with E-state index in [1.165, 1.54) is 5.56 Å². The molecule has 0 aliphatic rings. The molecule has 0 saturated heterocycles. The fourth-order valence-electron chi connectivity index (χ4n) is 1.27. The minimum atomic E-state index is 0.197. The molecule has 14 heavy (non-hydrogen) atoms. The van der Waals surface area contributed by atoms with E-state index in [-0.39, 0.29) is 16.7 Å². The molecule has 0 aliphatic heterocycles. The molecule has 1 rings (SSSR count). The van der Waals surface area contributed by atoms with Gasteiger partial charge in [-0.05, 0) is 22.9 Å². The van der Waals surface area contributed by atoms with Gasteiger partial charge in [-0.1, -0.05) is 31.2 Å². The second-order valence-electron chi connectivity index (χ2n) is 3.60. The van der Waals surface area contributed by atoms with Gasteiger partial charge in [-0.15, -0.1) is 0 Å². The topological polar surface area (TPSA) is 17.1 Å². The molecule has 0 amide bonds. The molecule has 2 heteroatoms. The van der Waals surface area contributed by atoms with E-state index in [1.54, 1.807) is 0 Å². The lowest BCUT2D eigenvalue weighted by atomic mass is 10.1. The van der Waals surface area contributed by atoms with E-state index < -0.39 is 0 Å². The highest BCUT2D eigenvalue weighted by Gasteiger charge is 2.13. The van der Waals surface area contributed by atoms with Crippen molar-refractivity contribution in [3.8, 4) is 0 Å². The van der Waals surface area contributed by atoms with Gasteiger partial charge in [-0.2, -0.15) is 0 Å². The van der Waals surface area contributed by atoms with Crippen LogP contribution in [0, 0.1) is 0 Å². The highest BCUT2D eigenvalue weighted by Crippen LogP contribution is 2.06. The summed E-state index contributed by atoms with van der Waals surface area (Å²) in [5, 5.41) is 0. The van der Waals surface area contributed by atoms with Crippen LogP contribution in [-0.2, 0) is 17.3 Å². The van der Waals surface area contributed by atoms with Crippen LogP contribution in [-0.4, -0.2) is 24.0 Å². The maximum atomic E-state index is 11.7. The number of ketones is 1. The molecule has 0 aliphatic carbocycles. The van der Waals surface area contributed by atoms with Crippen molar-refractivity contribution < 1.29 is 4.79 Å². The number of benzene rings is 1. The normalized spacial score (nSPS) is 10.6. The van der Waals surface area contributed by atoms with Crippen LogP contribution in [0.25, 0.3) is 0 Å². The Morgan fingerprint density at radius 3 is 2.21 bits per heavy atom. The van der Waals surface area contributed by atoms with Crippen molar-refractivity contribution in [1.82, 2.24) is 0 Å². The number of carbonyl (C=O) groups is 1. The third kappa shape index (κ3) is 3.18. The number of carbonyl (C=O) groups excluding carboxylic acids is 1. The Labute approximate surface area is 88.9 Å². The smallest absolute Gasteiger partial charge is 0.211 e.